The van der Waals surface area contributed by atoms with E-state index in [1.54, 1.807) is 0 Å². The highest BCUT2D eigenvalue weighted by atomic mass is 16.4. The number of carboxylic acids is 1. The topological polar surface area (TPSA) is 57.6 Å². The number of hydrogen-bond acceptors (Lipinski definition) is 2. The highest BCUT2D eigenvalue weighted by Gasteiger charge is 2.28. The lowest BCUT2D eigenvalue weighted by atomic mass is 10.0. The normalized spacial score (nSPS) is 11.2. The Morgan fingerprint density at radius 3 is 2.37 bits per heavy atom. The molecular formula is C15H21NO3. The Morgan fingerprint density at radius 1 is 1.26 bits per heavy atom. The molecule has 0 saturated heterocycles. The number of hydrogen-bond donors (Lipinski definition) is 1. The van der Waals surface area contributed by atoms with Crippen LogP contribution in [-0.2, 0) is 16.0 Å². The first kappa shape index (κ1) is 15.2. The number of benzene rings is 1. The van der Waals surface area contributed by atoms with Crippen molar-refractivity contribution in [2.45, 2.75) is 39.7 Å². The molecule has 0 aliphatic carbocycles. The third-order valence-corrected chi connectivity index (χ3v) is 2.84. The summed E-state index contributed by atoms with van der Waals surface area (Å²) >= 11 is 0. The molecule has 4 nitrogen and oxygen atoms in total. The summed E-state index contributed by atoms with van der Waals surface area (Å²) in [6.07, 6.45) is 0.228. The molecule has 0 spiro atoms. The molecule has 1 amide bonds. The van der Waals surface area contributed by atoms with E-state index in [1.807, 2.05) is 52.0 Å². The van der Waals surface area contributed by atoms with E-state index in [4.69, 9.17) is 5.11 Å². The van der Waals surface area contributed by atoms with Crippen LogP contribution in [0.2, 0.25) is 0 Å². The van der Waals surface area contributed by atoms with E-state index in [-0.39, 0.29) is 18.9 Å². The Morgan fingerprint density at radius 2 is 1.89 bits per heavy atom. The summed E-state index contributed by atoms with van der Waals surface area (Å²) in [7, 11) is 0. The van der Waals surface area contributed by atoms with Gasteiger partial charge in [0.05, 0.1) is 6.42 Å². The van der Waals surface area contributed by atoms with Gasteiger partial charge in [0, 0.05) is 5.54 Å². The van der Waals surface area contributed by atoms with Crippen molar-refractivity contribution in [2.75, 3.05) is 6.54 Å². The highest BCUT2D eigenvalue weighted by Crippen LogP contribution is 2.15. The van der Waals surface area contributed by atoms with Crippen LogP contribution in [0, 0.1) is 6.92 Å². The average Bonchev–Trinajstić information content (AvgIpc) is 2.24. The Hall–Kier alpha value is -1.84. The SMILES string of the molecule is Cc1cccc(CC(=O)N(CC(=O)O)C(C)(C)C)c1. The van der Waals surface area contributed by atoms with Gasteiger partial charge in [-0.1, -0.05) is 29.8 Å². The Balaban J connectivity index is 2.86. The molecule has 1 N–H and O–H groups in total. The minimum atomic E-state index is -0.993. The summed E-state index contributed by atoms with van der Waals surface area (Å²) in [5.41, 5.74) is 1.50. The summed E-state index contributed by atoms with van der Waals surface area (Å²) in [5.74, 6) is -1.16. The lowest BCUT2D eigenvalue weighted by molar-refractivity contribution is -0.147. The molecule has 0 aromatic heterocycles. The number of rotatable bonds is 4. The molecule has 0 fully saturated rings. The Bertz CT molecular complexity index is 475. The van der Waals surface area contributed by atoms with E-state index < -0.39 is 11.5 Å². The van der Waals surface area contributed by atoms with Crippen LogP contribution in [-0.4, -0.2) is 34.0 Å². The van der Waals surface area contributed by atoms with E-state index in [9.17, 15) is 9.59 Å². The van der Waals surface area contributed by atoms with E-state index in [1.165, 1.54) is 4.90 Å². The minimum absolute atomic E-state index is 0.166. The highest BCUT2D eigenvalue weighted by molar-refractivity contribution is 5.83. The van der Waals surface area contributed by atoms with E-state index in [0.717, 1.165) is 11.1 Å². The summed E-state index contributed by atoms with van der Waals surface area (Å²) < 4.78 is 0. The average molecular weight is 263 g/mol. The lowest BCUT2D eigenvalue weighted by Crippen LogP contribution is -2.48. The number of carbonyl (C=O) groups excluding carboxylic acids is 1. The maximum absolute atomic E-state index is 12.3. The largest absolute Gasteiger partial charge is 0.480 e. The van der Waals surface area contributed by atoms with Crippen LogP contribution < -0.4 is 0 Å². The predicted molar refractivity (Wildman–Crippen MR) is 74.0 cm³/mol. The monoisotopic (exact) mass is 263 g/mol. The van der Waals surface area contributed by atoms with Crippen molar-refractivity contribution in [1.29, 1.82) is 0 Å². The first-order chi connectivity index (χ1) is 8.70. The molecule has 0 radical (unpaired) electrons. The summed E-state index contributed by atoms with van der Waals surface area (Å²) in [5, 5.41) is 8.91. The molecule has 1 rings (SSSR count). The van der Waals surface area contributed by atoms with Crippen molar-refractivity contribution in [3.05, 3.63) is 35.4 Å². The van der Waals surface area contributed by atoms with Gasteiger partial charge in [-0.15, -0.1) is 0 Å². The summed E-state index contributed by atoms with van der Waals surface area (Å²) in [6, 6.07) is 7.69. The van der Waals surface area contributed by atoms with Gasteiger partial charge in [-0.3, -0.25) is 9.59 Å². The fourth-order valence-electron chi connectivity index (χ4n) is 1.93. The standard InChI is InChI=1S/C15H21NO3/c1-11-6-5-7-12(8-11)9-13(17)16(10-14(18)19)15(2,3)4/h5-8H,9-10H2,1-4H3,(H,18,19). The van der Waals surface area contributed by atoms with Gasteiger partial charge in [0.25, 0.3) is 0 Å². The lowest BCUT2D eigenvalue weighted by Gasteiger charge is -2.34. The number of nitrogens with zero attached hydrogens (tertiary/aromatic N) is 1. The number of carbonyl (C=O) groups is 2. The van der Waals surface area contributed by atoms with E-state index in [0.29, 0.717) is 0 Å². The molecule has 0 saturated carbocycles. The zero-order valence-corrected chi connectivity index (χ0v) is 11.9. The second-order valence-corrected chi connectivity index (χ2v) is 5.71. The van der Waals surface area contributed by atoms with Crippen LogP contribution in [0.3, 0.4) is 0 Å². The van der Waals surface area contributed by atoms with Crippen LogP contribution >= 0.6 is 0 Å². The van der Waals surface area contributed by atoms with Crippen LogP contribution in [0.5, 0.6) is 0 Å². The molecule has 104 valence electrons. The van der Waals surface area contributed by atoms with E-state index >= 15 is 0 Å². The molecule has 0 aliphatic rings. The molecule has 1 aromatic carbocycles. The Labute approximate surface area is 114 Å². The van der Waals surface area contributed by atoms with Crippen molar-refractivity contribution < 1.29 is 14.7 Å². The molecule has 4 heteroatoms. The molecule has 0 aliphatic heterocycles. The first-order valence-corrected chi connectivity index (χ1v) is 6.28. The molecule has 0 heterocycles. The molecular weight excluding hydrogens is 242 g/mol. The van der Waals surface area contributed by atoms with Crippen molar-refractivity contribution >= 4 is 11.9 Å². The molecule has 19 heavy (non-hydrogen) atoms. The fourth-order valence-corrected chi connectivity index (χ4v) is 1.93. The van der Waals surface area contributed by atoms with Gasteiger partial charge in [0.15, 0.2) is 0 Å². The third kappa shape index (κ3) is 4.73. The minimum Gasteiger partial charge on any atom is -0.480 e. The van der Waals surface area contributed by atoms with Crippen LogP contribution in [0.4, 0.5) is 0 Å². The number of aliphatic carboxylic acids is 1. The van der Waals surface area contributed by atoms with Crippen LogP contribution in [0.1, 0.15) is 31.9 Å². The van der Waals surface area contributed by atoms with Crippen LogP contribution in [0.25, 0.3) is 0 Å². The van der Waals surface area contributed by atoms with Gasteiger partial charge >= 0.3 is 5.97 Å². The molecule has 0 atom stereocenters. The number of aryl methyl sites for hydroxylation is 1. The predicted octanol–water partition coefficient (Wildman–Crippen LogP) is 2.25. The molecule has 0 unspecified atom stereocenters. The number of carboxylic acid groups (broad SMARTS) is 1. The van der Waals surface area contributed by atoms with Gasteiger partial charge in [0.1, 0.15) is 6.54 Å². The van der Waals surface area contributed by atoms with Gasteiger partial charge < -0.3 is 10.0 Å². The smallest absolute Gasteiger partial charge is 0.323 e. The second kappa shape index (κ2) is 5.87. The van der Waals surface area contributed by atoms with Crippen molar-refractivity contribution in [3.8, 4) is 0 Å². The fraction of sp³-hybridized carbons (Fsp3) is 0.467. The van der Waals surface area contributed by atoms with Crippen molar-refractivity contribution in [2.24, 2.45) is 0 Å². The zero-order valence-electron chi connectivity index (χ0n) is 11.9. The van der Waals surface area contributed by atoms with Gasteiger partial charge in [-0.2, -0.15) is 0 Å². The number of amides is 1. The second-order valence-electron chi connectivity index (χ2n) is 5.71. The Kier molecular flexibility index (Phi) is 4.70. The van der Waals surface area contributed by atoms with Crippen molar-refractivity contribution in [3.63, 3.8) is 0 Å². The van der Waals surface area contributed by atoms with Gasteiger partial charge in [-0.05, 0) is 33.3 Å². The zero-order chi connectivity index (χ0) is 14.6. The summed E-state index contributed by atoms with van der Waals surface area (Å²) in [6.45, 7) is 7.21. The van der Waals surface area contributed by atoms with Gasteiger partial charge in [-0.25, -0.2) is 0 Å². The van der Waals surface area contributed by atoms with Crippen LogP contribution in [0.15, 0.2) is 24.3 Å². The van der Waals surface area contributed by atoms with E-state index in [2.05, 4.69) is 0 Å². The van der Waals surface area contributed by atoms with Gasteiger partial charge in [0.2, 0.25) is 5.91 Å². The maximum atomic E-state index is 12.3. The first-order valence-electron chi connectivity index (χ1n) is 6.28. The molecule has 1 aromatic rings. The third-order valence-electron chi connectivity index (χ3n) is 2.84. The maximum Gasteiger partial charge on any atom is 0.323 e. The summed E-state index contributed by atoms with van der Waals surface area (Å²) in [4.78, 5) is 24.5. The van der Waals surface area contributed by atoms with Crippen molar-refractivity contribution in [1.82, 2.24) is 4.90 Å². The quantitative estimate of drug-likeness (QED) is 0.906. The molecule has 0 bridgehead atoms.